The van der Waals surface area contributed by atoms with Gasteiger partial charge < -0.3 is 0 Å². The minimum Gasteiger partial charge on any atom is -0.0584 e. The van der Waals surface area contributed by atoms with Crippen LogP contribution in [0.2, 0.25) is 0 Å². The highest BCUT2D eigenvalue weighted by atomic mass is 79.9. The Morgan fingerprint density at radius 2 is 2.15 bits per heavy atom. The number of rotatable bonds is 0. The summed E-state index contributed by atoms with van der Waals surface area (Å²) in [5.41, 5.74) is 4.50. The standard InChI is InChI=1S/C12H15Br/c1-8-4-3-5-10-6-9(2)12(13)7-11(8)10/h6-8H,3-5H2,1-2H3. The summed E-state index contributed by atoms with van der Waals surface area (Å²) in [7, 11) is 0. The zero-order valence-corrected chi connectivity index (χ0v) is 9.82. The Morgan fingerprint density at radius 3 is 2.92 bits per heavy atom. The summed E-state index contributed by atoms with van der Waals surface area (Å²) in [5, 5.41) is 0. The molecule has 0 saturated heterocycles. The lowest BCUT2D eigenvalue weighted by atomic mass is 9.83. The molecule has 0 amide bonds. The zero-order chi connectivity index (χ0) is 9.42. The fourth-order valence-corrected chi connectivity index (χ4v) is 2.55. The molecule has 1 unspecified atom stereocenters. The maximum atomic E-state index is 3.60. The number of hydrogen-bond donors (Lipinski definition) is 0. The van der Waals surface area contributed by atoms with Crippen molar-refractivity contribution in [3.05, 3.63) is 33.3 Å². The van der Waals surface area contributed by atoms with Gasteiger partial charge in [0.05, 0.1) is 0 Å². The summed E-state index contributed by atoms with van der Waals surface area (Å²) >= 11 is 3.60. The second-order valence-corrected chi connectivity index (χ2v) is 4.95. The van der Waals surface area contributed by atoms with E-state index in [9.17, 15) is 0 Å². The van der Waals surface area contributed by atoms with Crippen molar-refractivity contribution in [1.29, 1.82) is 0 Å². The van der Waals surface area contributed by atoms with Crippen molar-refractivity contribution in [1.82, 2.24) is 0 Å². The van der Waals surface area contributed by atoms with Gasteiger partial charge in [0.1, 0.15) is 0 Å². The Morgan fingerprint density at radius 1 is 1.38 bits per heavy atom. The topological polar surface area (TPSA) is 0 Å². The summed E-state index contributed by atoms with van der Waals surface area (Å²) < 4.78 is 1.26. The first kappa shape index (κ1) is 9.26. The lowest BCUT2D eigenvalue weighted by molar-refractivity contribution is 0.589. The Labute approximate surface area is 88.5 Å². The highest BCUT2D eigenvalue weighted by Gasteiger charge is 2.16. The van der Waals surface area contributed by atoms with Crippen LogP contribution >= 0.6 is 15.9 Å². The van der Waals surface area contributed by atoms with Crippen LogP contribution in [0.1, 0.15) is 42.4 Å². The largest absolute Gasteiger partial charge is 0.0584 e. The van der Waals surface area contributed by atoms with Gasteiger partial charge in [-0.1, -0.05) is 28.9 Å². The van der Waals surface area contributed by atoms with Crippen molar-refractivity contribution in [3.63, 3.8) is 0 Å². The van der Waals surface area contributed by atoms with Gasteiger partial charge in [0.15, 0.2) is 0 Å². The molecule has 1 aromatic carbocycles. The van der Waals surface area contributed by atoms with Crippen LogP contribution in [0.4, 0.5) is 0 Å². The summed E-state index contributed by atoms with van der Waals surface area (Å²) in [6, 6.07) is 4.66. The minimum absolute atomic E-state index is 0.751. The van der Waals surface area contributed by atoms with Crippen LogP contribution in [0.15, 0.2) is 16.6 Å². The zero-order valence-electron chi connectivity index (χ0n) is 8.23. The monoisotopic (exact) mass is 238 g/mol. The third-order valence-corrected chi connectivity index (χ3v) is 3.89. The van der Waals surface area contributed by atoms with Crippen molar-refractivity contribution in [2.24, 2.45) is 0 Å². The van der Waals surface area contributed by atoms with Gasteiger partial charge in [0.2, 0.25) is 0 Å². The number of hydrogen-bond acceptors (Lipinski definition) is 0. The van der Waals surface area contributed by atoms with Crippen LogP contribution in [0.5, 0.6) is 0 Å². The van der Waals surface area contributed by atoms with E-state index in [1.807, 2.05) is 0 Å². The maximum absolute atomic E-state index is 3.60. The predicted octanol–water partition coefficient (Wildman–Crippen LogP) is 4.20. The molecule has 0 radical (unpaired) electrons. The van der Waals surface area contributed by atoms with E-state index in [1.165, 1.54) is 29.3 Å². The summed E-state index contributed by atoms with van der Waals surface area (Å²) in [5.74, 6) is 0.751. The lowest BCUT2D eigenvalue weighted by Gasteiger charge is -2.23. The third-order valence-electron chi connectivity index (χ3n) is 3.03. The van der Waals surface area contributed by atoms with Crippen molar-refractivity contribution >= 4 is 15.9 Å². The van der Waals surface area contributed by atoms with Crippen LogP contribution in [0.3, 0.4) is 0 Å². The predicted molar refractivity (Wildman–Crippen MR) is 60.2 cm³/mol. The Kier molecular flexibility index (Phi) is 2.46. The van der Waals surface area contributed by atoms with Gasteiger partial charge in [-0.25, -0.2) is 0 Å². The lowest BCUT2D eigenvalue weighted by Crippen LogP contribution is -2.07. The van der Waals surface area contributed by atoms with Crippen LogP contribution in [0, 0.1) is 6.92 Å². The molecule has 0 fully saturated rings. The SMILES string of the molecule is Cc1cc2c(cc1Br)C(C)CCC2. The third kappa shape index (κ3) is 1.67. The molecular formula is C12H15Br. The maximum Gasteiger partial charge on any atom is 0.0207 e. The van der Waals surface area contributed by atoms with Gasteiger partial charge in [0.25, 0.3) is 0 Å². The van der Waals surface area contributed by atoms with E-state index in [4.69, 9.17) is 0 Å². The Hall–Kier alpha value is -0.300. The van der Waals surface area contributed by atoms with E-state index in [0.29, 0.717) is 0 Å². The van der Waals surface area contributed by atoms with Crippen molar-refractivity contribution in [3.8, 4) is 0 Å². The van der Waals surface area contributed by atoms with Gasteiger partial charge >= 0.3 is 0 Å². The smallest absolute Gasteiger partial charge is 0.0207 e. The molecule has 0 aliphatic heterocycles. The molecule has 0 heterocycles. The number of aryl methyl sites for hydroxylation is 2. The van der Waals surface area contributed by atoms with E-state index in [1.54, 1.807) is 11.1 Å². The molecule has 13 heavy (non-hydrogen) atoms. The normalized spacial score (nSPS) is 21.3. The molecule has 1 heteroatoms. The Balaban J connectivity index is 2.52. The first-order chi connectivity index (χ1) is 6.18. The molecule has 1 aliphatic carbocycles. The Bertz CT molecular complexity index is 328. The van der Waals surface area contributed by atoms with Gasteiger partial charge in [-0.2, -0.15) is 0 Å². The van der Waals surface area contributed by atoms with Gasteiger partial charge in [0, 0.05) is 4.47 Å². The van der Waals surface area contributed by atoms with E-state index in [0.717, 1.165) is 5.92 Å². The molecule has 0 N–H and O–H groups in total. The molecule has 0 spiro atoms. The van der Waals surface area contributed by atoms with E-state index in [-0.39, 0.29) is 0 Å². The first-order valence-electron chi connectivity index (χ1n) is 4.97. The van der Waals surface area contributed by atoms with Crippen LogP contribution in [-0.4, -0.2) is 0 Å². The van der Waals surface area contributed by atoms with E-state index >= 15 is 0 Å². The molecule has 1 atom stereocenters. The molecule has 2 rings (SSSR count). The summed E-state index contributed by atoms with van der Waals surface area (Å²) in [6.07, 6.45) is 3.98. The van der Waals surface area contributed by atoms with E-state index < -0.39 is 0 Å². The first-order valence-corrected chi connectivity index (χ1v) is 5.76. The van der Waals surface area contributed by atoms with Crippen LogP contribution in [0.25, 0.3) is 0 Å². The molecular weight excluding hydrogens is 224 g/mol. The second kappa shape index (κ2) is 3.45. The molecule has 0 bridgehead atoms. The van der Waals surface area contributed by atoms with Gasteiger partial charge in [-0.15, -0.1) is 0 Å². The number of halogens is 1. The van der Waals surface area contributed by atoms with Gasteiger partial charge in [-0.3, -0.25) is 0 Å². The average molecular weight is 239 g/mol. The fourth-order valence-electron chi connectivity index (χ4n) is 2.19. The average Bonchev–Trinajstić information content (AvgIpc) is 2.09. The van der Waals surface area contributed by atoms with Gasteiger partial charge in [-0.05, 0) is 54.9 Å². The minimum atomic E-state index is 0.751. The molecule has 0 aromatic heterocycles. The quantitative estimate of drug-likeness (QED) is 0.636. The molecule has 0 saturated carbocycles. The summed E-state index contributed by atoms with van der Waals surface area (Å²) in [6.45, 7) is 4.50. The molecule has 1 aromatic rings. The van der Waals surface area contributed by atoms with Crippen LogP contribution in [-0.2, 0) is 6.42 Å². The summed E-state index contributed by atoms with van der Waals surface area (Å²) in [4.78, 5) is 0. The van der Waals surface area contributed by atoms with Crippen LogP contribution < -0.4 is 0 Å². The van der Waals surface area contributed by atoms with Crippen molar-refractivity contribution in [2.75, 3.05) is 0 Å². The molecule has 70 valence electrons. The fraction of sp³-hybridized carbons (Fsp3) is 0.500. The molecule has 1 aliphatic rings. The highest BCUT2D eigenvalue weighted by molar-refractivity contribution is 9.10. The second-order valence-electron chi connectivity index (χ2n) is 4.09. The number of benzene rings is 1. The van der Waals surface area contributed by atoms with Crippen molar-refractivity contribution in [2.45, 2.75) is 39.0 Å². The molecule has 0 nitrogen and oxygen atoms in total. The number of fused-ring (bicyclic) bond motifs is 1. The van der Waals surface area contributed by atoms with Crippen molar-refractivity contribution < 1.29 is 0 Å². The van der Waals surface area contributed by atoms with E-state index in [2.05, 4.69) is 41.9 Å². The highest BCUT2D eigenvalue weighted by Crippen LogP contribution is 2.34.